The van der Waals surface area contributed by atoms with Crippen molar-refractivity contribution in [3.05, 3.63) is 120 Å². The molecule has 8 rings (SSSR count). The van der Waals surface area contributed by atoms with Gasteiger partial charge >= 0.3 is 17.9 Å². The van der Waals surface area contributed by atoms with E-state index in [0.29, 0.717) is 5.56 Å². The van der Waals surface area contributed by atoms with Crippen LogP contribution in [0.1, 0.15) is 33.2 Å². The van der Waals surface area contributed by atoms with Gasteiger partial charge in [0.2, 0.25) is 6.29 Å². The number of hydrogen-bond acceptors (Lipinski definition) is 18. The second-order valence-electron chi connectivity index (χ2n) is 15.5. The van der Waals surface area contributed by atoms with Gasteiger partial charge in [-0.05, 0) is 61.0 Å². The number of hydrogen-bond donors (Lipinski definition) is 6. The molecule has 330 valence electrons. The van der Waals surface area contributed by atoms with Crippen molar-refractivity contribution in [3.8, 4) is 5.75 Å². The van der Waals surface area contributed by atoms with Crippen molar-refractivity contribution in [1.82, 2.24) is 0 Å². The van der Waals surface area contributed by atoms with E-state index in [1.807, 2.05) is 0 Å². The van der Waals surface area contributed by atoms with Gasteiger partial charge in [-0.1, -0.05) is 48.5 Å². The molecule has 18 nitrogen and oxygen atoms in total. The van der Waals surface area contributed by atoms with E-state index >= 15 is 0 Å². The number of esters is 3. The fraction of sp³-hybridized carbons (Fsp3) is 0.432. The lowest BCUT2D eigenvalue weighted by Gasteiger charge is -2.45. The molecule has 0 spiro atoms. The van der Waals surface area contributed by atoms with E-state index in [-0.39, 0.29) is 16.9 Å². The van der Waals surface area contributed by atoms with Gasteiger partial charge in [0.05, 0.1) is 48.7 Å². The minimum absolute atomic E-state index is 0.0336. The van der Waals surface area contributed by atoms with Crippen LogP contribution in [0.15, 0.2) is 103 Å². The van der Waals surface area contributed by atoms with Gasteiger partial charge in [-0.3, -0.25) is 0 Å². The first-order valence-electron chi connectivity index (χ1n) is 20.0. The van der Waals surface area contributed by atoms with Gasteiger partial charge in [-0.25, -0.2) is 14.4 Å². The Balaban J connectivity index is 1.10. The van der Waals surface area contributed by atoms with Crippen molar-refractivity contribution in [2.75, 3.05) is 13.2 Å². The van der Waals surface area contributed by atoms with Crippen LogP contribution in [0.5, 0.6) is 5.75 Å². The highest BCUT2D eigenvalue weighted by molar-refractivity contribution is 5.91. The molecule has 3 aromatic carbocycles. The van der Waals surface area contributed by atoms with Gasteiger partial charge in [0.25, 0.3) is 0 Å². The van der Waals surface area contributed by atoms with Crippen LogP contribution in [0.3, 0.4) is 0 Å². The molecule has 1 saturated carbocycles. The van der Waals surface area contributed by atoms with E-state index in [1.165, 1.54) is 48.7 Å². The summed E-state index contributed by atoms with van der Waals surface area (Å²) in [6.45, 7) is 0.308. The van der Waals surface area contributed by atoms with Crippen LogP contribution in [0.2, 0.25) is 0 Å². The van der Waals surface area contributed by atoms with Gasteiger partial charge in [-0.2, -0.15) is 0 Å². The maximum absolute atomic E-state index is 13.8. The first-order valence-corrected chi connectivity index (χ1v) is 20.0. The third-order valence-corrected chi connectivity index (χ3v) is 11.7. The maximum atomic E-state index is 13.8. The molecule has 62 heavy (non-hydrogen) atoms. The normalized spacial score (nSPS) is 37.1. The van der Waals surface area contributed by atoms with Gasteiger partial charge in [-0.15, -0.1) is 0 Å². The van der Waals surface area contributed by atoms with E-state index in [2.05, 4.69) is 0 Å². The second-order valence-corrected chi connectivity index (χ2v) is 15.5. The molecular formula is C44H46O18. The number of carbonyl (C=O) groups excluding carboxylic acids is 3. The van der Waals surface area contributed by atoms with E-state index in [1.54, 1.807) is 61.5 Å². The number of phenolic OH excluding ortho intramolecular Hbond substituents is 1. The van der Waals surface area contributed by atoms with Crippen LogP contribution in [0.25, 0.3) is 6.08 Å². The highest BCUT2D eigenvalue weighted by Crippen LogP contribution is 2.61. The number of ether oxygens (including phenoxy) is 9. The molecule has 4 heterocycles. The van der Waals surface area contributed by atoms with E-state index in [4.69, 9.17) is 42.6 Å². The maximum Gasteiger partial charge on any atom is 0.338 e. The van der Waals surface area contributed by atoms with Crippen molar-refractivity contribution in [3.63, 3.8) is 0 Å². The zero-order valence-electron chi connectivity index (χ0n) is 33.0. The van der Waals surface area contributed by atoms with Crippen LogP contribution < -0.4 is 0 Å². The van der Waals surface area contributed by atoms with Crippen LogP contribution >= 0.6 is 0 Å². The third kappa shape index (κ3) is 8.58. The Morgan fingerprint density at radius 2 is 1.35 bits per heavy atom. The van der Waals surface area contributed by atoms with Gasteiger partial charge in [0, 0.05) is 12.0 Å². The first-order chi connectivity index (χ1) is 29.9. The standard InChI is InChI=1S/C44H46O18/c1-22-34(57-29(48)17-14-23-12-15-26(47)16-13-23)36(58-39(52)24-8-4-2-5-9-24)37(59-40(53)25-10-6-3-7-11-25)43(55-22)60-35-27-18-19-54-41(30(27)44(21-46)38(35)62-44)61-42-33(51)32(50)31(49)28(20-45)56-42/h2-19,22,27-28,30-38,41-43,45-47,49-51H,20-21H2,1H3/b17-14+/t22-,27+,28+,30+,31+,32-,33+,34-,35-,36+,37+,38-,41-,42-,43-,44+/m0/s1. The summed E-state index contributed by atoms with van der Waals surface area (Å²) in [6, 6.07) is 22.0. The van der Waals surface area contributed by atoms with Gasteiger partial charge in [0.15, 0.2) is 30.9 Å². The highest BCUT2D eigenvalue weighted by Gasteiger charge is 2.77. The lowest BCUT2D eigenvalue weighted by atomic mass is 9.85. The summed E-state index contributed by atoms with van der Waals surface area (Å²) in [7, 11) is 0. The molecule has 5 aliphatic rings. The fourth-order valence-electron chi connectivity index (χ4n) is 8.42. The number of carbonyl (C=O) groups is 3. The van der Waals surface area contributed by atoms with Gasteiger partial charge in [0.1, 0.15) is 41.9 Å². The minimum Gasteiger partial charge on any atom is -0.508 e. The lowest BCUT2D eigenvalue weighted by Crippen LogP contribution is -2.62. The number of phenols is 1. The summed E-state index contributed by atoms with van der Waals surface area (Å²) in [6.07, 6.45) is -12.7. The molecule has 1 aliphatic carbocycles. The molecule has 3 aromatic rings. The van der Waals surface area contributed by atoms with Crippen molar-refractivity contribution in [2.45, 2.75) is 92.4 Å². The largest absolute Gasteiger partial charge is 0.508 e. The molecule has 0 aromatic heterocycles. The Hall–Kier alpha value is -5.25. The number of fused-ring (bicyclic) bond motifs is 3. The zero-order chi connectivity index (χ0) is 43.7. The summed E-state index contributed by atoms with van der Waals surface area (Å²) in [5, 5.41) is 61.6. The molecule has 4 aliphatic heterocycles. The number of aliphatic hydroxyl groups is 5. The molecule has 6 N–H and O–H groups in total. The first kappa shape index (κ1) is 43.4. The molecule has 3 saturated heterocycles. The van der Waals surface area contributed by atoms with Crippen LogP contribution in [-0.4, -0.2) is 147 Å². The summed E-state index contributed by atoms with van der Waals surface area (Å²) in [4.78, 5) is 41.1. The molecule has 0 amide bonds. The Kier molecular flexibility index (Phi) is 12.8. The Morgan fingerprint density at radius 1 is 0.710 bits per heavy atom. The molecular weight excluding hydrogens is 816 g/mol. The number of epoxide rings is 1. The van der Waals surface area contributed by atoms with Crippen molar-refractivity contribution in [2.24, 2.45) is 11.8 Å². The van der Waals surface area contributed by atoms with E-state index < -0.39 is 128 Å². The molecule has 4 fully saturated rings. The average molecular weight is 863 g/mol. The summed E-state index contributed by atoms with van der Waals surface area (Å²) in [5.41, 5.74) is -0.488. The predicted octanol–water partition coefficient (Wildman–Crippen LogP) is 0.961. The van der Waals surface area contributed by atoms with Crippen LogP contribution in [0.4, 0.5) is 0 Å². The Bertz CT molecular complexity index is 2100. The second kappa shape index (κ2) is 18.2. The molecule has 0 radical (unpaired) electrons. The summed E-state index contributed by atoms with van der Waals surface area (Å²) < 4.78 is 54.6. The highest BCUT2D eigenvalue weighted by atomic mass is 16.8. The Labute approximate surface area is 354 Å². The zero-order valence-corrected chi connectivity index (χ0v) is 33.0. The summed E-state index contributed by atoms with van der Waals surface area (Å²) >= 11 is 0. The van der Waals surface area contributed by atoms with E-state index in [0.717, 1.165) is 6.08 Å². The van der Waals surface area contributed by atoms with Gasteiger partial charge < -0.3 is 73.3 Å². The van der Waals surface area contributed by atoms with Crippen molar-refractivity contribution in [1.29, 1.82) is 0 Å². The number of aliphatic hydroxyl groups excluding tert-OH is 5. The van der Waals surface area contributed by atoms with Crippen LogP contribution in [-0.2, 0) is 47.4 Å². The molecule has 18 heteroatoms. The number of aromatic hydroxyl groups is 1. The van der Waals surface area contributed by atoms with Crippen LogP contribution in [0, 0.1) is 11.8 Å². The average Bonchev–Trinajstić information content (AvgIpc) is 3.96. The van der Waals surface area contributed by atoms with Crippen molar-refractivity contribution >= 4 is 24.0 Å². The summed E-state index contributed by atoms with van der Waals surface area (Å²) in [5.74, 6) is -4.05. The number of benzene rings is 3. The predicted molar refractivity (Wildman–Crippen MR) is 208 cm³/mol. The molecule has 0 unspecified atom stereocenters. The smallest absolute Gasteiger partial charge is 0.338 e. The minimum atomic E-state index is -1.76. The van der Waals surface area contributed by atoms with Crippen molar-refractivity contribution < 1.29 is 87.7 Å². The molecule has 0 bridgehead atoms. The topological polar surface area (TPSA) is 259 Å². The SMILES string of the molecule is C[C@@H]1O[C@@H](O[C@H]2[C@@H]3C=CO[C@@H](O[C@@H]4O[C@H](CO)[C@@H](O)[C@H](O)[C@H]4O)[C@@H]3[C@@]3(CO)O[C@@H]23)[C@H](OC(=O)c2ccccc2)[C@H](OC(=O)c2ccccc2)[C@H]1OC(=O)/C=C/c1ccc(O)cc1. The fourth-order valence-corrected chi connectivity index (χ4v) is 8.42. The monoisotopic (exact) mass is 862 g/mol. The number of rotatable bonds is 13. The lowest BCUT2D eigenvalue weighted by molar-refractivity contribution is -0.346. The van der Waals surface area contributed by atoms with E-state index in [9.17, 15) is 45.0 Å². The Morgan fingerprint density at radius 3 is 1.98 bits per heavy atom. The third-order valence-electron chi connectivity index (χ3n) is 11.7. The quantitative estimate of drug-likeness (QED) is 0.0605. The molecule has 16 atom stereocenters.